The third kappa shape index (κ3) is 3.18. The molecule has 1 aromatic carbocycles. The predicted molar refractivity (Wildman–Crippen MR) is 56.2 cm³/mol. The van der Waals surface area contributed by atoms with Crippen molar-refractivity contribution in [3.8, 4) is 0 Å². The molecule has 1 N–H and O–H groups in total. The monoisotopic (exact) mass is 217 g/mol. The number of aliphatic hydroxyl groups is 1. The minimum Gasteiger partial charge on any atom is -0.393 e. The van der Waals surface area contributed by atoms with Crippen LogP contribution in [0.3, 0.4) is 0 Å². The van der Waals surface area contributed by atoms with Crippen molar-refractivity contribution >= 4 is 23.2 Å². The summed E-state index contributed by atoms with van der Waals surface area (Å²) in [6.07, 6.45) is 2.11. The van der Waals surface area contributed by atoms with E-state index in [1.165, 1.54) is 0 Å². The molecule has 0 saturated carbocycles. The van der Waals surface area contributed by atoms with Crippen LogP contribution in [0.25, 0.3) is 0 Å². The lowest BCUT2D eigenvalue weighted by atomic mass is 10.1. The Morgan fingerprint density at radius 2 is 2.15 bits per heavy atom. The highest BCUT2D eigenvalue weighted by Gasteiger charge is 2.05. The van der Waals surface area contributed by atoms with Gasteiger partial charge in [-0.15, -0.1) is 0 Å². The molecule has 1 rings (SSSR count). The average molecular weight is 218 g/mol. The highest BCUT2D eigenvalue weighted by molar-refractivity contribution is 6.42. The lowest BCUT2D eigenvalue weighted by Crippen LogP contribution is -1.99. The molecule has 0 saturated heterocycles. The van der Waals surface area contributed by atoms with E-state index >= 15 is 0 Å². The van der Waals surface area contributed by atoms with Gasteiger partial charge >= 0.3 is 0 Å². The summed E-state index contributed by atoms with van der Waals surface area (Å²) in [7, 11) is 0. The molecule has 3 heteroatoms. The van der Waals surface area contributed by atoms with E-state index in [1.54, 1.807) is 13.0 Å². The third-order valence-corrected chi connectivity index (χ3v) is 2.49. The van der Waals surface area contributed by atoms with E-state index in [0.29, 0.717) is 16.5 Å². The van der Waals surface area contributed by atoms with Gasteiger partial charge in [-0.1, -0.05) is 35.3 Å². The Labute approximate surface area is 88.3 Å². The van der Waals surface area contributed by atoms with E-state index in [9.17, 15) is 0 Å². The van der Waals surface area contributed by atoms with Crippen LogP contribution in [-0.4, -0.2) is 11.2 Å². The minimum absolute atomic E-state index is 0.352. The molecular formula is C10H11Cl2O. The topological polar surface area (TPSA) is 20.2 Å². The standard InChI is InChI=1S/C10H11Cl2O/c1-7(13)5-6-8-3-2-4-9(11)10(8)12/h2-4,6-7,13H,5H2,1H3. The predicted octanol–water partition coefficient (Wildman–Crippen LogP) is 3.32. The summed E-state index contributed by atoms with van der Waals surface area (Å²) in [5.41, 5.74) is 0.870. The summed E-state index contributed by atoms with van der Waals surface area (Å²) in [5.74, 6) is 0. The Morgan fingerprint density at radius 1 is 1.46 bits per heavy atom. The fourth-order valence-electron chi connectivity index (χ4n) is 0.976. The molecule has 0 heterocycles. The average Bonchev–Trinajstić information content (AvgIpc) is 2.07. The molecular weight excluding hydrogens is 207 g/mol. The largest absolute Gasteiger partial charge is 0.393 e. The van der Waals surface area contributed by atoms with Crippen LogP contribution in [0.4, 0.5) is 0 Å². The molecule has 71 valence electrons. The van der Waals surface area contributed by atoms with Gasteiger partial charge in [-0.05, 0) is 31.4 Å². The molecule has 0 fully saturated rings. The highest BCUT2D eigenvalue weighted by Crippen LogP contribution is 2.27. The van der Waals surface area contributed by atoms with Crippen molar-refractivity contribution < 1.29 is 5.11 Å². The lowest BCUT2D eigenvalue weighted by Gasteiger charge is -2.06. The van der Waals surface area contributed by atoms with E-state index in [0.717, 1.165) is 5.56 Å². The molecule has 1 radical (unpaired) electrons. The number of rotatable bonds is 3. The first-order chi connectivity index (χ1) is 6.11. The second-order valence-corrected chi connectivity index (χ2v) is 3.72. The zero-order valence-electron chi connectivity index (χ0n) is 7.30. The number of hydrogen-bond donors (Lipinski definition) is 1. The number of halogens is 2. The zero-order chi connectivity index (χ0) is 9.84. The molecule has 1 aromatic rings. The van der Waals surface area contributed by atoms with Crippen LogP contribution in [0.5, 0.6) is 0 Å². The van der Waals surface area contributed by atoms with Crippen LogP contribution in [0.2, 0.25) is 10.0 Å². The molecule has 0 aliphatic carbocycles. The van der Waals surface area contributed by atoms with Gasteiger partial charge in [0.05, 0.1) is 16.1 Å². The molecule has 0 aromatic heterocycles. The summed E-state index contributed by atoms with van der Waals surface area (Å²) in [5, 5.41) is 10.2. The van der Waals surface area contributed by atoms with E-state index < -0.39 is 0 Å². The van der Waals surface area contributed by atoms with Gasteiger partial charge in [0.1, 0.15) is 0 Å². The Hall–Kier alpha value is -0.240. The molecule has 0 bridgehead atoms. The first-order valence-electron chi connectivity index (χ1n) is 4.06. The van der Waals surface area contributed by atoms with Gasteiger partial charge in [0.2, 0.25) is 0 Å². The molecule has 0 aliphatic heterocycles. The first kappa shape index (κ1) is 10.8. The van der Waals surface area contributed by atoms with Crippen LogP contribution in [0.1, 0.15) is 18.9 Å². The van der Waals surface area contributed by atoms with Gasteiger partial charge in [0.15, 0.2) is 0 Å². The first-order valence-corrected chi connectivity index (χ1v) is 4.82. The molecule has 1 atom stereocenters. The zero-order valence-corrected chi connectivity index (χ0v) is 8.81. The Balaban J connectivity index is 2.71. The second kappa shape index (κ2) is 4.85. The Kier molecular flexibility index (Phi) is 4.04. The number of aliphatic hydroxyl groups excluding tert-OH is 1. The Bertz CT molecular complexity index is 284. The number of benzene rings is 1. The van der Waals surface area contributed by atoms with Gasteiger partial charge in [0.25, 0.3) is 0 Å². The third-order valence-electron chi connectivity index (χ3n) is 1.66. The fraction of sp³-hybridized carbons (Fsp3) is 0.300. The van der Waals surface area contributed by atoms with Crippen molar-refractivity contribution in [1.29, 1.82) is 0 Å². The molecule has 0 amide bonds. The maximum Gasteiger partial charge on any atom is 0.0627 e. The van der Waals surface area contributed by atoms with Crippen molar-refractivity contribution in [2.24, 2.45) is 0 Å². The minimum atomic E-state index is -0.352. The van der Waals surface area contributed by atoms with Crippen molar-refractivity contribution in [2.75, 3.05) is 0 Å². The molecule has 13 heavy (non-hydrogen) atoms. The maximum atomic E-state index is 9.07. The van der Waals surface area contributed by atoms with Gasteiger partial charge in [-0.2, -0.15) is 0 Å². The summed E-state index contributed by atoms with van der Waals surface area (Å²) < 4.78 is 0. The summed E-state index contributed by atoms with van der Waals surface area (Å²) >= 11 is 11.7. The molecule has 0 aliphatic rings. The summed E-state index contributed by atoms with van der Waals surface area (Å²) in [6, 6.07) is 5.45. The fourth-order valence-corrected chi connectivity index (χ4v) is 1.36. The van der Waals surface area contributed by atoms with E-state index in [2.05, 4.69) is 0 Å². The SMILES string of the molecule is CC(O)C[CH]c1cccc(Cl)c1Cl. The number of hydrogen-bond acceptors (Lipinski definition) is 1. The summed E-state index contributed by atoms with van der Waals surface area (Å²) in [4.78, 5) is 0. The van der Waals surface area contributed by atoms with E-state index in [-0.39, 0.29) is 6.10 Å². The van der Waals surface area contributed by atoms with Crippen molar-refractivity contribution in [1.82, 2.24) is 0 Å². The van der Waals surface area contributed by atoms with E-state index in [1.807, 2.05) is 18.6 Å². The Morgan fingerprint density at radius 3 is 2.77 bits per heavy atom. The highest BCUT2D eigenvalue weighted by atomic mass is 35.5. The quantitative estimate of drug-likeness (QED) is 0.824. The maximum absolute atomic E-state index is 9.07. The van der Waals surface area contributed by atoms with Gasteiger partial charge in [0, 0.05) is 0 Å². The van der Waals surface area contributed by atoms with Crippen LogP contribution < -0.4 is 0 Å². The van der Waals surface area contributed by atoms with Crippen LogP contribution in [0.15, 0.2) is 18.2 Å². The lowest BCUT2D eigenvalue weighted by molar-refractivity contribution is 0.195. The van der Waals surface area contributed by atoms with Gasteiger partial charge < -0.3 is 5.11 Å². The van der Waals surface area contributed by atoms with Crippen molar-refractivity contribution in [2.45, 2.75) is 19.4 Å². The van der Waals surface area contributed by atoms with Gasteiger partial charge in [-0.25, -0.2) is 0 Å². The van der Waals surface area contributed by atoms with E-state index in [4.69, 9.17) is 28.3 Å². The summed E-state index contributed by atoms with van der Waals surface area (Å²) in [6.45, 7) is 1.73. The van der Waals surface area contributed by atoms with Crippen molar-refractivity contribution in [3.05, 3.63) is 40.2 Å². The normalized spacial score (nSPS) is 12.9. The van der Waals surface area contributed by atoms with Crippen LogP contribution in [-0.2, 0) is 0 Å². The van der Waals surface area contributed by atoms with Gasteiger partial charge in [-0.3, -0.25) is 0 Å². The van der Waals surface area contributed by atoms with Crippen LogP contribution in [0, 0.1) is 6.42 Å². The van der Waals surface area contributed by atoms with Crippen molar-refractivity contribution in [3.63, 3.8) is 0 Å². The second-order valence-electron chi connectivity index (χ2n) is 2.93. The van der Waals surface area contributed by atoms with Crippen LogP contribution >= 0.6 is 23.2 Å². The molecule has 1 nitrogen and oxygen atoms in total. The smallest absolute Gasteiger partial charge is 0.0627 e. The molecule has 0 spiro atoms. The molecule has 1 unspecified atom stereocenters.